The Hall–Kier alpha value is -1.33. The normalized spacial score (nSPS) is 10.1. The molecule has 4 nitrogen and oxygen atoms in total. The Kier molecular flexibility index (Phi) is 3.05. The predicted octanol–water partition coefficient (Wildman–Crippen LogP) is 1.02. The van der Waals surface area contributed by atoms with E-state index >= 15 is 0 Å². The van der Waals surface area contributed by atoms with Gasteiger partial charge in [-0.3, -0.25) is 0 Å². The third kappa shape index (κ3) is 1.88. The molecule has 0 aliphatic carbocycles. The van der Waals surface area contributed by atoms with Gasteiger partial charge in [0.25, 0.3) is 0 Å². The fraction of sp³-hybridized carbons (Fsp3) is 0.250. The van der Waals surface area contributed by atoms with E-state index in [0.29, 0.717) is 0 Å². The highest BCUT2D eigenvalue weighted by atomic mass is 19.1. The van der Waals surface area contributed by atoms with Gasteiger partial charge in [-0.15, -0.1) is 0 Å². The highest BCUT2D eigenvalue weighted by Crippen LogP contribution is 2.30. The first-order valence-electron chi connectivity index (χ1n) is 3.62. The van der Waals surface area contributed by atoms with E-state index in [-0.39, 0.29) is 17.9 Å². The Labute approximate surface area is 74.5 Å². The molecule has 0 unspecified atom stereocenters. The van der Waals surface area contributed by atoms with E-state index in [9.17, 15) is 9.50 Å². The van der Waals surface area contributed by atoms with Crippen molar-refractivity contribution in [3.8, 4) is 11.5 Å². The second kappa shape index (κ2) is 4.06. The van der Waals surface area contributed by atoms with Gasteiger partial charge in [0.15, 0.2) is 17.3 Å². The Bertz CT molecular complexity index is 304. The van der Waals surface area contributed by atoms with E-state index < -0.39 is 11.6 Å². The molecule has 0 aliphatic rings. The Morgan fingerprint density at radius 2 is 2.23 bits per heavy atom. The predicted molar refractivity (Wildman–Crippen MR) is 43.2 cm³/mol. The molecule has 1 aromatic carbocycles. The van der Waals surface area contributed by atoms with Gasteiger partial charge in [-0.05, 0) is 6.07 Å². The number of phenolic OH excluding ortho intramolecular Hbond substituents is 1. The largest absolute Gasteiger partial charge is 0.502 e. The van der Waals surface area contributed by atoms with Crippen molar-refractivity contribution in [2.45, 2.75) is 6.54 Å². The third-order valence-electron chi connectivity index (χ3n) is 1.65. The summed E-state index contributed by atoms with van der Waals surface area (Å²) in [5.74, 6) is -1.27. The van der Waals surface area contributed by atoms with Crippen molar-refractivity contribution in [1.29, 1.82) is 0 Å². The molecule has 5 heteroatoms. The fourth-order valence-electron chi connectivity index (χ4n) is 0.975. The smallest absolute Gasteiger partial charge is 0.194 e. The number of hydrogen-bond acceptors (Lipinski definition) is 4. The summed E-state index contributed by atoms with van der Waals surface area (Å²) >= 11 is 0. The molecule has 3 N–H and O–H groups in total. The summed E-state index contributed by atoms with van der Waals surface area (Å²) < 4.78 is 17.8. The Morgan fingerprint density at radius 3 is 2.77 bits per heavy atom. The maximum absolute atomic E-state index is 13.2. The van der Waals surface area contributed by atoms with Crippen LogP contribution in [0.25, 0.3) is 0 Å². The van der Waals surface area contributed by atoms with E-state index in [1.54, 1.807) is 5.48 Å². The molecule has 0 aliphatic heterocycles. The molecule has 0 bridgehead atoms. The van der Waals surface area contributed by atoms with Crippen LogP contribution >= 0.6 is 0 Å². The second-order valence-electron chi connectivity index (χ2n) is 2.42. The number of benzene rings is 1. The van der Waals surface area contributed by atoms with Gasteiger partial charge in [0, 0.05) is 12.1 Å². The average Bonchev–Trinajstić information content (AvgIpc) is 2.14. The van der Waals surface area contributed by atoms with Gasteiger partial charge < -0.3 is 15.1 Å². The molecule has 0 saturated carbocycles. The van der Waals surface area contributed by atoms with Gasteiger partial charge in [0.1, 0.15) is 0 Å². The minimum absolute atomic E-state index is 0.0661. The van der Waals surface area contributed by atoms with Gasteiger partial charge in [-0.25, -0.2) is 9.87 Å². The van der Waals surface area contributed by atoms with Gasteiger partial charge in [-0.1, -0.05) is 6.07 Å². The van der Waals surface area contributed by atoms with Crippen molar-refractivity contribution in [3.05, 3.63) is 23.5 Å². The second-order valence-corrected chi connectivity index (χ2v) is 2.42. The molecule has 0 radical (unpaired) electrons. The monoisotopic (exact) mass is 187 g/mol. The van der Waals surface area contributed by atoms with Crippen molar-refractivity contribution in [3.63, 3.8) is 0 Å². The van der Waals surface area contributed by atoms with E-state index in [4.69, 9.17) is 5.21 Å². The van der Waals surface area contributed by atoms with Crippen LogP contribution in [0.5, 0.6) is 11.5 Å². The summed E-state index contributed by atoms with van der Waals surface area (Å²) in [7, 11) is 1.33. The zero-order chi connectivity index (χ0) is 9.84. The number of aromatic hydroxyl groups is 1. The molecule has 0 fully saturated rings. The molecule has 0 spiro atoms. The van der Waals surface area contributed by atoms with Crippen LogP contribution in [-0.2, 0) is 6.54 Å². The van der Waals surface area contributed by atoms with Gasteiger partial charge >= 0.3 is 0 Å². The molecule has 0 saturated heterocycles. The summed E-state index contributed by atoms with van der Waals surface area (Å²) in [4.78, 5) is 0. The molecule has 0 amide bonds. The molecule has 0 aromatic heterocycles. The molecule has 0 atom stereocenters. The summed E-state index contributed by atoms with van der Waals surface area (Å²) in [5.41, 5.74) is 1.96. The number of rotatable bonds is 3. The number of hydrogen-bond donors (Lipinski definition) is 3. The molecule has 72 valence electrons. The lowest BCUT2D eigenvalue weighted by Crippen LogP contribution is -2.08. The summed E-state index contributed by atoms with van der Waals surface area (Å²) in [6.45, 7) is -0.0661. The fourth-order valence-corrected chi connectivity index (χ4v) is 0.975. The van der Waals surface area contributed by atoms with Crippen molar-refractivity contribution >= 4 is 0 Å². The Morgan fingerprint density at radius 1 is 1.54 bits per heavy atom. The first-order chi connectivity index (χ1) is 6.20. The summed E-state index contributed by atoms with van der Waals surface area (Å²) in [6, 6.07) is 2.84. The highest BCUT2D eigenvalue weighted by Gasteiger charge is 2.11. The van der Waals surface area contributed by atoms with Crippen LogP contribution in [0.3, 0.4) is 0 Å². The molecular formula is C8H10FNO3. The number of nitrogens with one attached hydrogen (secondary N) is 1. The van der Waals surface area contributed by atoms with E-state index in [1.165, 1.54) is 19.2 Å². The Balaban J connectivity index is 3.07. The van der Waals surface area contributed by atoms with Crippen LogP contribution in [-0.4, -0.2) is 17.4 Å². The number of phenols is 1. The van der Waals surface area contributed by atoms with Crippen LogP contribution in [0, 0.1) is 5.82 Å². The summed E-state index contributed by atoms with van der Waals surface area (Å²) in [5, 5.41) is 17.5. The quantitative estimate of drug-likeness (QED) is 0.618. The molecule has 0 heterocycles. The van der Waals surface area contributed by atoms with Crippen LogP contribution < -0.4 is 10.2 Å². The zero-order valence-corrected chi connectivity index (χ0v) is 7.04. The molecule has 1 rings (SSSR count). The molecule has 1 aromatic rings. The minimum atomic E-state index is -0.791. The van der Waals surface area contributed by atoms with Crippen LogP contribution in [0.15, 0.2) is 12.1 Å². The van der Waals surface area contributed by atoms with E-state index in [1.807, 2.05) is 0 Å². The number of halogens is 1. The minimum Gasteiger partial charge on any atom is -0.502 e. The third-order valence-corrected chi connectivity index (χ3v) is 1.65. The van der Waals surface area contributed by atoms with Crippen LogP contribution in [0.4, 0.5) is 4.39 Å². The lowest BCUT2D eigenvalue weighted by Gasteiger charge is -2.07. The average molecular weight is 187 g/mol. The molecular weight excluding hydrogens is 177 g/mol. The first kappa shape index (κ1) is 9.76. The zero-order valence-electron chi connectivity index (χ0n) is 7.04. The standard InChI is InChI=1S/C8H10FNO3/c1-13-6-3-2-5(4-10-12)7(9)8(6)11/h2-3,10-12H,4H2,1H3. The van der Waals surface area contributed by atoms with Crippen molar-refractivity contribution in [1.82, 2.24) is 5.48 Å². The highest BCUT2D eigenvalue weighted by molar-refractivity contribution is 5.43. The van der Waals surface area contributed by atoms with E-state index in [0.717, 1.165) is 0 Å². The number of methoxy groups -OCH3 is 1. The van der Waals surface area contributed by atoms with Crippen molar-refractivity contribution in [2.24, 2.45) is 0 Å². The topological polar surface area (TPSA) is 61.7 Å². The van der Waals surface area contributed by atoms with Gasteiger partial charge in [0.2, 0.25) is 0 Å². The lowest BCUT2D eigenvalue weighted by molar-refractivity contribution is 0.159. The maximum atomic E-state index is 13.2. The SMILES string of the molecule is COc1ccc(CNO)c(F)c1O. The summed E-state index contributed by atoms with van der Waals surface area (Å²) in [6.07, 6.45) is 0. The molecule has 13 heavy (non-hydrogen) atoms. The van der Waals surface area contributed by atoms with Crippen molar-refractivity contribution < 1.29 is 19.4 Å². The number of ether oxygens (including phenoxy) is 1. The van der Waals surface area contributed by atoms with Crippen LogP contribution in [0.1, 0.15) is 5.56 Å². The van der Waals surface area contributed by atoms with Crippen molar-refractivity contribution in [2.75, 3.05) is 7.11 Å². The van der Waals surface area contributed by atoms with E-state index in [2.05, 4.69) is 4.74 Å². The maximum Gasteiger partial charge on any atom is 0.194 e. The first-order valence-corrected chi connectivity index (χ1v) is 3.62. The lowest BCUT2D eigenvalue weighted by atomic mass is 10.2. The van der Waals surface area contributed by atoms with Gasteiger partial charge in [0.05, 0.1) is 7.11 Å². The van der Waals surface area contributed by atoms with Crippen LogP contribution in [0.2, 0.25) is 0 Å². The van der Waals surface area contributed by atoms with Gasteiger partial charge in [-0.2, -0.15) is 0 Å². The number of hydroxylamine groups is 1.